The van der Waals surface area contributed by atoms with E-state index in [1.807, 2.05) is 0 Å². The Labute approximate surface area is 137 Å². The summed E-state index contributed by atoms with van der Waals surface area (Å²) in [6, 6.07) is 4.26. The van der Waals surface area contributed by atoms with Gasteiger partial charge in [-0.2, -0.15) is 0 Å². The van der Waals surface area contributed by atoms with Gasteiger partial charge >= 0.3 is 0 Å². The Morgan fingerprint density at radius 3 is 2.65 bits per heavy atom. The van der Waals surface area contributed by atoms with Crippen LogP contribution in [-0.2, 0) is 22.4 Å². The Morgan fingerprint density at radius 2 is 1.96 bits per heavy atom. The summed E-state index contributed by atoms with van der Waals surface area (Å²) in [4.78, 5) is 26.0. The fourth-order valence-corrected chi connectivity index (χ4v) is 3.23. The molecule has 124 valence electrons. The molecule has 5 nitrogen and oxygen atoms in total. The Balaban J connectivity index is 1.81. The Bertz CT molecular complexity index is 625. The van der Waals surface area contributed by atoms with Crippen molar-refractivity contribution >= 4 is 23.2 Å². The molecule has 0 unspecified atom stereocenters. The summed E-state index contributed by atoms with van der Waals surface area (Å²) < 4.78 is 0. The molecule has 3 rings (SSSR count). The first-order valence-electron chi connectivity index (χ1n) is 8.51. The molecule has 0 fully saturated rings. The predicted octanol–water partition coefficient (Wildman–Crippen LogP) is 2.10. The minimum absolute atomic E-state index is 0.0482. The highest BCUT2D eigenvalue weighted by atomic mass is 16.2. The number of nitrogens with zero attached hydrogens (tertiary/aromatic N) is 1. The smallest absolute Gasteiger partial charge is 0.246 e. The molecule has 1 aromatic rings. The number of hydrogen-bond donors (Lipinski definition) is 2. The maximum absolute atomic E-state index is 12.3. The van der Waals surface area contributed by atoms with Crippen molar-refractivity contribution < 1.29 is 9.59 Å². The van der Waals surface area contributed by atoms with Gasteiger partial charge in [-0.15, -0.1) is 0 Å². The molecule has 1 aliphatic heterocycles. The van der Waals surface area contributed by atoms with E-state index in [4.69, 9.17) is 0 Å². The van der Waals surface area contributed by atoms with E-state index in [9.17, 15) is 9.59 Å². The molecule has 0 spiro atoms. The lowest BCUT2D eigenvalue weighted by Crippen LogP contribution is -2.46. The third kappa shape index (κ3) is 3.49. The highest BCUT2D eigenvalue weighted by molar-refractivity contribution is 6.06. The first-order chi connectivity index (χ1) is 11.0. The number of anilines is 2. The van der Waals surface area contributed by atoms with Crippen LogP contribution >= 0.6 is 0 Å². The summed E-state index contributed by atoms with van der Waals surface area (Å²) in [6.07, 6.45) is 4.59. The molecule has 2 aliphatic rings. The van der Waals surface area contributed by atoms with Crippen LogP contribution in [0.4, 0.5) is 11.4 Å². The molecule has 2 amide bonds. The SMILES string of the molecule is CC(C)CNC(=O)CN1C(=O)CNc2cc3c(cc21)CCCC3. The zero-order valence-electron chi connectivity index (χ0n) is 13.9. The molecule has 0 atom stereocenters. The van der Waals surface area contributed by atoms with Crippen molar-refractivity contribution in [1.29, 1.82) is 0 Å². The van der Waals surface area contributed by atoms with Crippen LogP contribution in [0.1, 0.15) is 37.8 Å². The Kier molecular flexibility index (Phi) is 4.55. The van der Waals surface area contributed by atoms with Gasteiger partial charge in [0.2, 0.25) is 11.8 Å². The monoisotopic (exact) mass is 315 g/mol. The van der Waals surface area contributed by atoms with E-state index in [0.29, 0.717) is 12.5 Å². The molecule has 1 heterocycles. The van der Waals surface area contributed by atoms with Crippen LogP contribution in [0.2, 0.25) is 0 Å². The molecule has 5 heteroatoms. The van der Waals surface area contributed by atoms with Gasteiger partial charge in [-0.1, -0.05) is 13.8 Å². The molecular weight excluding hydrogens is 290 g/mol. The topological polar surface area (TPSA) is 61.4 Å². The Hall–Kier alpha value is -2.04. The molecule has 1 aliphatic carbocycles. The summed E-state index contributed by atoms with van der Waals surface area (Å²) in [5, 5.41) is 6.08. The van der Waals surface area contributed by atoms with Gasteiger partial charge in [0.1, 0.15) is 6.54 Å². The molecule has 0 bridgehead atoms. The summed E-state index contributed by atoms with van der Waals surface area (Å²) in [5.74, 6) is 0.252. The van der Waals surface area contributed by atoms with Crippen molar-refractivity contribution in [3.05, 3.63) is 23.3 Å². The number of hydrogen-bond acceptors (Lipinski definition) is 3. The second kappa shape index (κ2) is 6.60. The normalized spacial score (nSPS) is 16.7. The van der Waals surface area contributed by atoms with Crippen LogP contribution in [0.3, 0.4) is 0 Å². The van der Waals surface area contributed by atoms with Crippen LogP contribution < -0.4 is 15.5 Å². The van der Waals surface area contributed by atoms with Gasteiger partial charge in [0.05, 0.1) is 17.9 Å². The quantitative estimate of drug-likeness (QED) is 0.894. The van der Waals surface area contributed by atoms with Gasteiger partial charge in [-0.3, -0.25) is 14.5 Å². The van der Waals surface area contributed by atoms with E-state index in [1.165, 1.54) is 24.0 Å². The van der Waals surface area contributed by atoms with E-state index >= 15 is 0 Å². The van der Waals surface area contributed by atoms with Crippen LogP contribution in [0.25, 0.3) is 0 Å². The summed E-state index contributed by atoms with van der Waals surface area (Å²) >= 11 is 0. The average Bonchev–Trinajstić information content (AvgIpc) is 2.54. The van der Waals surface area contributed by atoms with Crippen LogP contribution in [0, 0.1) is 5.92 Å². The molecule has 0 aromatic heterocycles. The lowest BCUT2D eigenvalue weighted by atomic mass is 9.90. The summed E-state index contributed by atoms with van der Waals surface area (Å²) in [7, 11) is 0. The lowest BCUT2D eigenvalue weighted by Gasteiger charge is -2.32. The van der Waals surface area contributed by atoms with Gasteiger partial charge in [-0.25, -0.2) is 0 Å². The maximum atomic E-state index is 12.3. The van der Waals surface area contributed by atoms with Crippen molar-refractivity contribution in [2.24, 2.45) is 5.92 Å². The molecule has 0 radical (unpaired) electrons. The molecule has 1 aromatic carbocycles. The number of rotatable bonds is 4. The molecule has 0 saturated carbocycles. The minimum atomic E-state index is -0.0994. The zero-order chi connectivity index (χ0) is 16.4. The number of aryl methyl sites for hydroxylation is 2. The fourth-order valence-electron chi connectivity index (χ4n) is 3.23. The standard InChI is InChI=1S/C18H25N3O2/c1-12(2)9-20-17(22)11-21-16-8-14-6-4-3-5-13(14)7-15(16)19-10-18(21)23/h7-8,12,19H,3-6,9-11H2,1-2H3,(H,20,22). The van der Waals surface area contributed by atoms with Crippen molar-refractivity contribution in [3.63, 3.8) is 0 Å². The maximum Gasteiger partial charge on any atom is 0.246 e. The number of carbonyl (C=O) groups is 2. The third-order valence-electron chi connectivity index (χ3n) is 4.49. The third-order valence-corrected chi connectivity index (χ3v) is 4.49. The largest absolute Gasteiger partial charge is 0.374 e. The van der Waals surface area contributed by atoms with Crippen molar-refractivity contribution in [2.75, 3.05) is 29.9 Å². The highest BCUT2D eigenvalue weighted by Gasteiger charge is 2.27. The van der Waals surface area contributed by atoms with Gasteiger partial charge in [0.25, 0.3) is 0 Å². The van der Waals surface area contributed by atoms with E-state index < -0.39 is 0 Å². The van der Waals surface area contributed by atoms with Crippen molar-refractivity contribution in [3.8, 4) is 0 Å². The van der Waals surface area contributed by atoms with Crippen molar-refractivity contribution in [1.82, 2.24) is 5.32 Å². The second-order valence-electron chi connectivity index (χ2n) is 6.88. The predicted molar refractivity (Wildman–Crippen MR) is 91.8 cm³/mol. The van der Waals surface area contributed by atoms with Gasteiger partial charge < -0.3 is 10.6 Å². The van der Waals surface area contributed by atoms with Crippen LogP contribution in [-0.4, -0.2) is 31.4 Å². The molecular formula is C18H25N3O2. The van der Waals surface area contributed by atoms with Gasteiger partial charge in [0, 0.05) is 6.54 Å². The van der Waals surface area contributed by atoms with Crippen LogP contribution in [0.5, 0.6) is 0 Å². The molecule has 23 heavy (non-hydrogen) atoms. The van der Waals surface area contributed by atoms with E-state index in [-0.39, 0.29) is 24.9 Å². The fraction of sp³-hybridized carbons (Fsp3) is 0.556. The van der Waals surface area contributed by atoms with Crippen LogP contribution in [0.15, 0.2) is 12.1 Å². The first kappa shape index (κ1) is 15.8. The van der Waals surface area contributed by atoms with Gasteiger partial charge in [-0.05, 0) is 54.9 Å². The molecule has 2 N–H and O–H groups in total. The number of amides is 2. The zero-order valence-corrected chi connectivity index (χ0v) is 13.9. The minimum Gasteiger partial charge on any atom is -0.374 e. The average molecular weight is 315 g/mol. The summed E-state index contributed by atoms with van der Waals surface area (Å²) in [6.45, 7) is 5.09. The first-order valence-corrected chi connectivity index (χ1v) is 8.51. The van der Waals surface area contributed by atoms with E-state index in [0.717, 1.165) is 24.2 Å². The number of carbonyl (C=O) groups excluding carboxylic acids is 2. The summed E-state index contributed by atoms with van der Waals surface area (Å²) in [5.41, 5.74) is 4.52. The highest BCUT2D eigenvalue weighted by Crippen LogP contribution is 2.35. The number of nitrogens with one attached hydrogen (secondary N) is 2. The Morgan fingerprint density at radius 1 is 1.26 bits per heavy atom. The lowest BCUT2D eigenvalue weighted by molar-refractivity contribution is -0.123. The number of fused-ring (bicyclic) bond motifs is 2. The second-order valence-corrected chi connectivity index (χ2v) is 6.88. The number of benzene rings is 1. The van der Waals surface area contributed by atoms with E-state index in [1.54, 1.807) is 4.90 Å². The van der Waals surface area contributed by atoms with E-state index in [2.05, 4.69) is 36.6 Å². The van der Waals surface area contributed by atoms with Gasteiger partial charge in [0.15, 0.2) is 0 Å². The van der Waals surface area contributed by atoms with Crippen molar-refractivity contribution in [2.45, 2.75) is 39.5 Å². The molecule has 0 saturated heterocycles.